The number of esters is 1. The minimum atomic E-state index is -0.157. The number of Topliss-reactive ketones (excluding diaryl/α,β-unsaturated/α-hetero) is 1. The van der Waals surface area contributed by atoms with Crippen molar-refractivity contribution < 1.29 is 19.1 Å². The van der Waals surface area contributed by atoms with Crippen LogP contribution in [0.15, 0.2) is 0 Å². The Balaban J connectivity index is -0.000000190. The molecule has 5 nitrogen and oxygen atoms in total. The second-order valence-corrected chi connectivity index (χ2v) is 3.63. The molecule has 0 atom stereocenters. The summed E-state index contributed by atoms with van der Waals surface area (Å²) in [5.41, 5.74) is 0. The van der Waals surface area contributed by atoms with Crippen molar-refractivity contribution >= 4 is 17.7 Å². The first-order valence-electron chi connectivity index (χ1n) is 6.02. The third-order valence-corrected chi connectivity index (χ3v) is 1.82. The van der Waals surface area contributed by atoms with Gasteiger partial charge in [-0.05, 0) is 6.92 Å². The van der Waals surface area contributed by atoms with E-state index >= 15 is 0 Å². The van der Waals surface area contributed by atoms with E-state index in [0.29, 0.717) is 19.3 Å². The second kappa shape index (κ2) is 15.6. The fraction of sp³-hybridized carbons (Fsp3) is 0.769. The van der Waals surface area contributed by atoms with Crippen molar-refractivity contribution in [3.8, 4) is 0 Å². The normalized spacial score (nSPS) is 7.94. The number of ether oxygens (including phenoxy) is 1. The molecule has 0 unspecified atom stereocenters. The van der Waals surface area contributed by atoms with Gasteiger partial charge in [-0.25, -0.2) is 0 Å². The van der Waals surface area contributed by atoms with Crippen LogP contribution in [0.5, 0.6) is 0 Å². The summed E-state index contributed by atoms with van der Waals surface area (Å²) in [6, 6.07) is 0. The van der Waals surface area contributed by atoms with Crippen LogP contribution in [0.3, 0.4) is 0 Å². The monoisotopic (exact) mass is 261 g/mol. The zero-order valence-corrected chi connectivity index (χ0v) is 12.7. The van der Waals surface area contributed by atoms with E-state index in [4.69, 9.17) is 0 Å². The van der Waals surface area contributed by atoms with Gasteiger partial charge in [-0.1, -0.05) is 20.8 Å². The summed E-state index contributed by atoms with van der Waals surface area (Å²) in [7, 11) is 4.89. The number of carbonyl (C=O) groups excluding carboxylic acids is 3. The average molecular weight is 261 g/mol. The van der Waals surface area contributed by atoms with E-state index in [-0.39, 0.29) is 17.7 Å². The van der Waals surface area contributed by atoms with Crippen molar-refractivity contribution in [2.24, 2.45) is 0 Å². The highest BCUT2D eigenvalue weighted by Gasteiger charge is 1.95. The Morgan fingerprint density at radius 3 is 1.33 bits per heavy atom. The zero-order valence-electron chi connectivity index (χ0n) is 12.7. The maximum absolute atomic E-state index is 10.4. The smallest absolute Gasteiger partial charge is 0.305 e. The van der Waals surface area contributed by atoms with Crippen LogP contribution in [0.1, 0.15) is 47.0 Å². The molecule has 0 N–H and O–H groups in total. The van der Waals surface area contributed by atoms with Crippen molar-refractivity contribution in [1.29, 1.82) is 0 Å². The highest BCUT2D eigenvalue weighted by atomic mass is 16.5. The third-order valence-electron chi connectivity index (χ3n) is 1.82. The molecular formula is C13H27NO4. The van der Waals surface area contributed by atoms with Crippen molar-refractivity contribution in [3.63, 3.8) is 0 Å². The van der Waals surface area contributed by atoms with E-state index in [2.05, 4.69) is 4.74 Å². The van der Waals surface area contributed by atoms with Crippen molar-refractivity contribution in [1.82, 2.24) is 4.90 Å². The zero-order chi connectivity index (χ0) is 15.1. The third kappa shape index (κ3) is 24.0. The molecule has 0 radical (unpaired) electrons. The molecule has 5 heteroatoms. The van der Waals surface area contributed by atoms with E-state index in [1.165, 1.54) is 7.11 Å². The van der Waals surface area contributed by atoms with Gasteiger partial charge in [0.2, 0.25) is 5.91 Å². The molecule has 0 aliphatic rings. The minimum absolute atomic E-state index is 0.157. The molecule has 0 fully saturated rings. The molecule has 0 rings (SSSR count). The molecule has 0 saturated carbocycles. The number of hydrogen-bond acceptors (Lipinski definition) is 4. The number of rotatable bonds is 3. The lowest BCUT2D eigenvalue weighted by molar-refractivity contribution is -0.140. The van der Waals surface area contributed by atoms with Gasteiger partial charge >= 0.3 is 5.97 Å². The fourth-order valence-corrected chi connectivity index (χ4v) is 0.461. The lowest BCUT2D eigenvalue weighted by Crippen LogP contribution is -2.19. The number of hydrogen-bond donors (Lipinski definition) is 0. The Hall–Kier alpha value is -1.39. The topological polar surface area (TPSA) is 63.7 Å². The highest BCUT2D eigenvalue weighted by Crippen LogP contribution is 1.81. The van der Waals surface area contributed by atoms with Crippen molar-refractivity contribution in [2.75, 3.05) is 21.2 Å². The summed E-state index contributed by atoms with van der Waals surface area (Å²) < 4.78 is 4.26. The van der Waals surface area contributed by atoms with Gasteiger partial charge in [0.15, 0.2) is 0 Å². The Morgan fingerprint density at radius 1 is 0.944 bits per heavy atom. The first-order valence-corrected chi connectivity index (χ1v) is 6.02. The fourth-order valence-electron chi connectivity index (χ4n) is 0.461. The summed E-state index contributed by atoms with van der Waals surface area (Å²) in [6.07, 6.45) is 1.74. The van der Waals surface area contributed by atoms with Gasteiger partial charge < -0.3 is 14.4 Å². The summed E-state index contributed by atoms with van der Waals surface area (Å²) >= 11 is 0. The number of nitrogens with zero attached hydrogens (tertiary/aromatic N) is 1. The summed E-state index contributed by atoms with van der Waals surface area (Å²) in [4.78, 5) is 31.8. The van der Waals surface area contributed by atoms with Crippen LogP contribution < -0.4 is 0 Å². The summed E-state index contributed by atoms with van der Waals surface area (Å²) in [6.45, 7) is 7.04. The van der Waals surface area contributed by atoms with E-state index < -0.39 is 0 Å². The van der Waals surface area contributed by atoms with Gasteiger partial charge in [0.1, 0.15) is 5.78 Å². The Morgan fingerprint density at radius 2 is 1.33 bits per heavy atom. The van der Waals surface area contributed by atoms with Crippen LogP contribution in [0, 0.1) is 0 Å². The Labute approximate surface area is 110 Å². The van der Waals surface area contributed by atoms with E-state index in [1.54, 1.807) is 32.8 Å². The van der Waals surface area contributed by atoms with Crippen LogP contribution >= 0.6 is 0 Å². The lowest BCUT2D eigenvalue weighted by atomic mass is 10.4. The van der Waals surface area contributed by atoms with Crippen LogP contribution in [0.4, 0.5) is 0 Å². The van der Waals surface area contributed by atoms with E-state index in [0.717, 1.165) is 0 Å². The van der Waals surface area contributed by atoms with Gasteiger partial charge in [0, 0.05) is 33.4 Å². The molecule has 0 heterocycles. The first-order chi connectivity index (χ1) is 8.26. The lowest BCUT2D eigenvalue weighted by Gasteiger charge is -2.05. The first kappa shape index (κ1) is 21.9. The molecule has 0 aromatic heterocycles. The SMILES string of the molecule is CCC(=O)N(C)C.CCC(=O)OC.CCC(C)=O. The maximum atomic E-state index is 10.4. The van der Waals surface area contributed by atoms with Crippen LogP contribution in [0.2, 0.25) is 0 Å². The molecule has 1 amide bonds. The van der Waals surface area contributed by atoms with Gasteiger partial charge in [0.25, 0.3) is 0 Å². The maximum Gasteiger partial charge on any atom is 0.305 e. The standard InChI is InChI=1S/C5H11NO.C4H8O2.C4H8O/c1-4-5(7)6(2)3;1-3-4(5)6-2;1-3-4(2)5/h4H2,1-3H3;3H2,1-2H3;3H2,1-2H3. The quantitative estimate of drug-likeness (QED) is 0.729. The van der Waals surface area contributed by atoms with Gasteiger partial charge in [-0.15, -0.1) is 0 Å². The summed E-state index contributed by atoms with van der Waals surface area (Å²) in [5.74, 6) is 0.278. The van der Waals surface area contributed by atoms with Gasteiger partial charge in [0.05, 0.1) is 7.11 Å². The molecule has 18 heavy (non-hydrogen) atoms. The van der Waals surface area contributed by atoms with Crippen LogP contribution in [-0.2, 0) is 19.1 Å². The predicted octanol–water partition coefficient (Wildman–Crippen LogP) is 2.04. The van der Waals surface area contributed by atoms with Gasteiger partial charge in [-0.2, -0.15) is 0 Å². The molecule has 108 valence electrons. The van der Waals surface area contributed by atoms with E-state index in [1.807, 2.05) is 13.8 Å². The van der Waals surface area contributed by atoms with Crippen LogP contribution in [-0.4, -0.2) is 43.8 Å². The molecule has 0 aliphatic heterocycles. The van der Waals surface area contributed by atoms with Gasteiger partial charge in [-0.3, -0.25) is 9.59 Å². The van der Waals surface area contributed by atoms with Crippen molar-refractivity contribution in [2.45, 2.75) is 47.0 Å². The molecule has 0 bridgehead atoms. The molecule has 0 saturated heterocycles. The predicted molar refractivity (Wildman–Crippen MR) is 72.3 cm³/mol. The minimum Gasteiger partial charge on any atom is -0.469 e. The Kier molecular flexibility index (Phi) is 18.9. The molecule has 0 aliphatic carbocycles. The average Bonchev–Trinajstić information content (AvgIpc) is 2.37. The Bertz CT molecular complexity index is 231. The number of amides is 1. The number of ketones is 1. The van der Waals surface area contributed by atoms with Crippen LogP contribution in [0.25, 0.3) is 0 Å². The molecule has 0 spiro atoms. The number of carbonyl (C=O) groups is 3. The highest BCUT2D eigenvalue weighted by molar-refractivity contribution is 5.75. The largest absolute Gasteiger partial charge is 0.469 e. The summed E-state index contributed by atoms with van der Waals surface area (Å²) in [5, 5.41) is 0. The van der Waals surface area contributed by atoms with Crippen molar-refractivity contribution in [3.05, 3.63) is 0 Å². The second-order valence-electron chi connectivity index (χ2n) is 3.63. The molecule has 0 aromatic rings. The molecular weight excluding hydrogens is 234 g/mol. The molecule has 0 aromatic carbocycles. The van der Waals surface area contributed by atoms with E-state index in [9.17, 15) is 14.4 Å². The number of methoxy groups -OCH3 is 1.